The maximum atomic E-state index is 12.4. The second kappa shape index (κ2) is 8.22. The molecule has 1 heterocycles. The molecule has 0 unspecified atom stereocenters. The predicted molar refractivity (Wildman–Crippen MR) is 104 cm³/mol. The smallest absolute Gasteiger partial charge is 0.346 e. The molecule has 0 fully saturated rings. The minimum atomic E-state index is -0.929. The number of carbonyl (C=O) groups is 2. The van der Waals surface area contributed by atoms with Crippen LogP contribution in [0.3, 0.4) is 0 Å². The zero-order valence-corrected chi connectivity index (χ0v) is 16.4. The number of benzene rings is 2. The van der Waals surface area contributed by atoms with Crippen molar-refractivity contribution in [3.05, 3.63) is 46.8 Å². The number of carbonyl (C=O) groups excluding carboxylic acids is 2. The number of fused-ring (bicyclic) bond motifs is 3. The molecule has 1 aromatic heterocycles. The van der Waals surface area contributed by atoms with Gasteiger partial charge in [-0.25, -0.2) is 14.4 Å². The Kier molecular flexibility index (Phi) is 5.72. The van der Waals surface area contributed by atoms with Crippen molar-refractivity contribution in [1.29, 1.82) is 0 Å². The van der Waals surface area contributed by atoms with Gasteiger partial charge in [-0.05, 0) is 19.9 Å². The van der Waals surface area contributed by atoms with Crippen LogP contribution < -0.4 is 15.1 Å². The Morgan fingerprint density at radius 1 is 0.897 bits per heavy atom. The van der Waals surface area contributed by atoms with Crippen molar-refractivity contribution in [2.45, 2.75) is 26.1 Å². The van der Waals surface area contributed by atoms with Crippen molar-refractivity contribution in [3.8, 4) is 11.5 Å². The molecule has 0 amide bonds. The van der Waals surface area contributed by atoms with Crippen LogP contribution >= 0.6 is 0 Å². The highest BCUT2D eigenvalue weighted by atomic mass is 16.6. The lowest BCUT2D eigenvalue weighted by Gasteiger charge is -2.18. The molecule has 29 heavy (non-hydrogen) atoms. The fourth-order valence-corrected chi connectivity index (χ4v) is 2.93. The highest BCUT2D eigenvalue weighted by Crippen LogP contribution is 2.36. The van der Waals surface area contributed by atoms with Gasteiger partial charge in [-0.3, -0.25) is 0 Å². The summed E-state index contributed by atoms with van der Waals surface area (Å²) in [7, 11) is 2.51. The van der Waals surface area contributed by atoms with E-state index in [1.54, 1.807) is 24.3 Å². The van der Waals surface area contributed by atoms with E-state index in [0.29, 0.717) is 16.2 Å². The molecule has 0 spiro atoms. The topological polar surface area (TPSA) is 101 Å². The van der Waals surface area contributed by atoms with Crippen LogP contribution in [0.5, 0.6) is 11.5 Å². The summed E-state index contributed by atoms with van der Waals surface area (Å²) >= 11 is 0. The molecule has 3 aromatic rings. The van der Waals surface area contributed by atoms with Gasteiger partial charge in [-0.1, -0.05) is 18.2 Å². The van der Waals surface area contributed by atoms with E-state index in [1.165, 1.54) is 40.2 Å². The molecule has 2 aromatic carbocycles. The number of esters is 2. The Labute approximate surface area is 165 Å². The summed E-state index contributed by atoms with van der Waals surface area (Å²) in [6, 6.07) is 9.89. The third-order valence-corrected chi connectivity index (χ3v) is 4.34. The number of methoxy groups -OCH3 is 2. The summed E-state index contributed by atoms with van der Waals surface area (Å²) in [6.45, 7) is 3.05. The van der Waals surface area contributed by atoms with Gasteiger partial charge in [0.25, 0.3) is 0 Å². The Morgan fingerprint density at radius 2 is 1.48 bits per heavy atom. The number of ether oxygens (including phenoxy) is 4. The third kappa shape index (κ3) is 4.01. The normalized spacial score (nSPS) is 13.0. The Bertz CT molecular complexity index is 1130. The lowest BCUT2D eigenvalue weighted by Crippen LogP contribution is -2.26. The zero-order valence-electron chi connectivity index (χ0n) is 16.4. The largest absolute Gasteiger partial charge is 0.479 e. The molecule has 0 radical (unpaired) electrons. The lowest BCUT2D eigenvalue weighted by atomic mass is 10.1. The molecule has 0 N–H and O–H groups in total. The Morgan fingerprint density at radius 3 is 2.10 bits per heavy atom. The monoisotopic (exact) mass is 400 g/mol. The molecule has 0 saturated carbocycles. The highest BCUT2D eigenvalue weighted by molar-refractivity contribution is 6.08. The summed E-state index contributed by atoms with van der Waals surface area (Å²) in [5.74, 6) is -0.696. The van der Waals surface area contributed by atoms with Crippen LogP contribution in [0, 0.1) is 0 Å². The van der Waals surface area contributed by atoms with E-state index in [1.807, 2.05) is 0 Å². The average Bonchev–Trinajstić information content (AvgIpc) is 2.72. The maximum absolute atomic E-state index is 12.4. The molecule has 3 rings (SSSR count). The molecule has 0 bridgehead atoms. The quantitative estimate of drug-likeness (QED) is 0.354. The van der Waals surface area contributed by atoms with Crippen molar-refractivity contribution in [2.75, 3.05) is 14.2 Å². The minimum Gasteiger partial charge on any atom is -0.479 e. The first-order valence-electron chi connectivity index (χ1n) is 8.84. The number of rotatable bonds is 6. The van der Waals surface area contributed by atoms with Gasteiger partial charge in [0.15, 0.2) is 12.2 Å². The highest BCUT2D eigenvalue weighted by Gasteiger charge is 2.22. The van der Waals surface area contributed by atoms with Gasteiger partial charge in [-0.2, -0.15) is 0 Å². The van der Waals surface area contributed by atoms with Crippen molar-refractivity contribution in [1.82, 2.24) is 0 Å². The first kappa shape index (κ1) is 20.2. The summed E-state index contributed by atoms with van der Waals surface area (Å²) in [6.07, 6.45) is -1.84. The molecular weight excluding hydrogens is 380 g/mol. The van der Waals surface area contributed by atoms with Crippen LogP contribution in [-0.4, -0.2) is 38.4 Å². The number of hydrogen-bond acceptors (Lipinski definition) is 8. The molecule has 0 saturated heterocycles. The van der Waals surface area contributed by atoms with Crippen LogP contribution in [0.4, 0.5) is 0 Å². The van der Waals surface area contributed by atoms with Crippen molar-refractivity contribution in [3.63, 3.8) is 0 Å². The molecule has 8 nitrogen and oxygen atoms in total. The van der Waals surface area contributed by atoms with E-state index in [2.05, 4.69) is 4.74 Å². The van der Waals surface area contributed by atoms with Crippen molar-refractivity contribution >= 4 is 33.7 Å². The maximum Gasteiger partial charge on any atom is 0.346 e. The third-order valence-electron chi connectivity index (χ3n) is 4.34. The van der Waals surface area contributed by atoms with E-state index >= 15 is 0 Å². The standard InChI is InChI=1S/C21H20O8/c1-11(19(22)25-3)27-13-9-16(28-12(2)20(23)26-4)18-14-7-5-6-8-15(14)21(24)29-17(18)10-13/h5-12H,1-4H3/t11-,12-/m1/s1. The van der Waals surface area contributed by atoms with E-state index in [9.17, 15) is 14.4 Å². The molecule has 0 aliphatic heterocycles. The summed E-state index contributed by atoms with van der Waals surface area (Å²) in [5, 5.41) is 1.46. The summed E-state index contributed by atoms with van der Waals surface area (Å²) in [5.41, 5.74) is -0.339. The van der Waals surface area contributed by atoms with Gasteiger partial charge in [0, 0.05) is 17.5 Å². The molecule has 0 aliphatic rings. The van der Waals surface area contributed by atoms with Crippen LogP contribution in [0.15, 0.2) is 45.6 Å². The van der Waals surface area contributed by atoms with E-state index < -0.39 is 29.8 Å². The van der Waals surface area contributed by atoms with Crippen LogP contribution in [-0.2, 0) is 19.1 Å². The van der Waals surface area contributed by atoms with Gasteiger partial charge in [0.1, 0.15) is 17.1 Å². The molecular formula is C21H20O8. The van der Waals surface area contributed by atoms with Gasteiger partial charge in [0.2, 0.25) is 0 Å². The Balaban J connectivity index is 2.21. The van der Waals surface area contributed by atoms with E-state index in [0.717, 1.165) is 0 Å². The predicted octanol–water partition coefficient (Wildman–Crippen LogP) is 2.83. The lowest BCUT2D eigenvalue weighted by molar-refractivity contribution is -0.148. The number of hydrogen-bond donors (Lipinski definition) is 0. The van der Waals surface area contributed by atoms with Gasteiger partial charge >= 0.3 is 17.6 Å². The fourth-order valence-electron chi connectivity index (χ4n) is 2.93. The first-order chi connectivity index (χ1) is 13.8. The van der Waals surface area contributed by atoms with Crippen LogP contribution in [0.1, 0.15) is 13.8 Å². The summed E-state index contributed by atoms with van der Waals surface area (Å²) < 4.78 is 26.2. The molecule has 2 atom stereocenters. The average molecular weight is 400 g/mol. The second-order valence-electron chi connectivity index (χ2n) is 6.30. The SMILES string of the molecule is COC(=O)[C@@H](C)Oc1cc(O[C@H](C)C(=O)OC)c2c(c1)oc(=O)c1ccccc12. The van der Waals surface area contributed by atoms with Crippen molar-refractivity contribution < 1.29 is 33.0 Å². The molecule has 152 valence electrons. The Hall–Kier alpha value is -3.55. The van der Waals surface area contributed by atoms with Crippen LogP contribution in [0.25, 0.3) is 21.7 Å². The molecule has 0 aliphatic carbocycles. The minimum absolute atomic E-state index is 0.190. The second-order valence-corrected chi connectivity index (χ2v) is 6.30. The van der Waals surface area contributed by atoms with Crippen LogP contribution in [0.2, 0.25) is 0 Å². The molecule has 8 heteroatoms. The van der Waals surface area contributed by atoms with Gasteiger partial charge in [-0.15, -0.1) is 0 Å². The van der Waals surface area contributed by atoms with E-state index in [4.69, 9.17) is 18.6 Å². The van der Waals surface area contributed by atoms with E-state index in [-0.39, 0.29) is 17.1 Å². The zero-order chi connectivity index (χ0) is 21.1. The van der Waals surface area contributed by atoms with Gasteiger partial charge in [0.05, 0.1) is 25.0 Å². The van der Waals surface area contributed by atoms with Crippen molar-refractivity contribution in [2.24, 2.45) is 0 Å². The summed E-state index contributed by atoms with van der Waals surface area (Å²) in [4.78, 5) is 35.9. The van der Waals surface area contributed by atoms with Gasteiger partial charge < -0.3 is 23.4 Å². The fraction of sp³-hybridized carbons (Fsp3) is 0.286. The first-order valence-corrected chi connectivity index (χ1v) is 8.84.